The second kappa shape index (κ2) is 3.87. The lowest BCUT2D eigenvalue weighted by molar-refractivity contribution is -0.459. The van der Waals surface area contributed by atoms with Crippen molar-refractivity contribution < 1.29 is 39.5 Å². The topological polar surface area (TPSA) is 6.48 Å². The van der Waals surface area contributed by atoms with Crippen molar-refractivity contribution in [3.8, 4) is 0 Å². The van der Waals surface area contributed by atoms with Crippen molar-refractivity contribution in [3.05, 3.63) is 0 Å². The molecule has 15 heavy (non-hydrogen) atoms. The van der Waals surface area contributed by atoms with Crippen LogP contribution in [0.1, 0.15) is 0 Å². The van der Waals surface area contributed by atoms with Gasteiger partial charge in [0.05, 0.1) is 0 Å². The van der Waals surface area contributed by atoms with Crippen LogP contribution in [0.15, 0.2) is 0 Å². The zero-order chi connectivity index (χ0) is 12.7. The predicted molar refractivity (Wildman–Crippen MR) is 27.7 cm³/mol. The van der Waals surface area contributed by atoms with Gasteiger partial charge < -0.3 is 0 Å². The molecule has 0 atom stereocenters. The molecule has 0 aliphatic rings. The Hall–Kier alpha value is -0.420. The smallest absolute Gasteiger partial charge is 0.154 e. The van der Waals surface area contributed by atoms with Crippen LogP contribution in [0, 0.1) is 0 Å². The van der Waals surface area contributed by atoms with Crippen molar-refractivity contribution in [1.29, 1.82) is 0 Å². The average molecular weight is 270 g/mol. The molecular formula is C3ClF9N2. The maximum atomic E-state index is 11.6. The normalized spacial score (nSPS) is 15.2. The highest BCUT2D eigenvalue weighted by Crippen LogP contribution is 2.40. The molecule has 0 bridgehead atoms. The molecule has 0 heterocycles. The molecule has 0 saturated heterocycles. The SMILES string of the molecule is FC(F)(F)N(Cl)N(C(F)(F)F)C(F)(F)F. The number of alkyl halides is 9. The fraction of sp³-hybridized carbons (Fsp3) is 1.00. The molecule has 0 unspecified atom stereocenters. The van der Waals surface area contributed by atoms with Crippen LogP contribution >= 0.6 is 11.8 Å². The number of hydrogen-bond acceptors (Lipinski definition) is 2. The highest BCUT2D eigenvalue weighted by molar-refractivity contribution is 6.13. The summed E-state index contributed by atoms with van der Waals surface area (Å²) in [5.41, 5.74) is 0. The van der Waals surface area contributed by atoms with Gasteiger partial charge in [0, 0.05) is 11.8 Å². The van der Waals surface area contributed by atoms with E-state index in [4.69, 9.17) is 0 Å². The lowest BCUT2D eigenvalue weighted by Gasteiger charge is -2.32. The highest BCUT2D eigenvalue weighted by Gasteiger charge is 2.63. The summed E-state index contributed by atoms with van der Waals surface area (Å²) in [7, 11) is 0. The molecule has 0 rings (SSSR count). The summed E-state index contributed by atoms with van der Waals surface area (Å²) in [6.45, 7) is 0. The maximum Gasteiger partial charge on any atom is 0.488 e. The molecule has 0 fully saturated rings. The van der Waals surface area contributed by atoms with Crippen LogP contribution in [-0.2, 0) is 0 Å². The van der Waals surface area contributed by atoms with E-state index >= 15 is 0 Å². The van der Waals surface area contributed by atoms with E-state index in [1.54, 1.807) is 0 Å². The van der Waals surface area contributed by atoms with E-state index in [9.17, 15) is 39.5 Å². The van der Waals surface area contributed by atoms with Crippen LogP contribution in [0.4, 0.5) is 39.5 Å². The van der Waals surface area contributed by atoms with Crippen molar-refractivity contribution in [3.63, 3.8) is 0 Å². The third-order valence-electron chi connectivity index (χ3n) is 0.865. The molecule has 2 nitrogen and oxygen atoms in total. The Morgan fingerprint density at radius 1 is 0.600 bits per heavy atom. The van der Waals surface area contributed by atoms with Crippen molar-refractivity contribution in [1.82, 2.24) is 9.54 Å². The zero-order valence-corrected chi connectivity index (χ0v) is 6.93. The molecule has 0 spiro atoms. The number of hydrazine groups is 1. The summed E-state index contributed by atoms with van der Waals surface area (Å²) < 4.78 is 102. The van der Waals surface area contributed by atoms with Gasteiger partial charge in [0.2, 0.25) is 0 Å². The Balaban J connectivity index is 5.16. The van der Waals surface area contributed by atoms with Gasteiger partial charge in [-0.1, -0.05) is 0 Å². The molecule has 92 valence electrons. The molecule has 0 aromatic rings. The van der Waals surface area contributed by atoms with Gasteiger partial charge in [0.1, 0.15) is 0 Å². The molecule has 0 N–H and O–H groups in total. The first-order valence-corrected chi connectivity index (χ1v) is 3.08. The molecule has 0 saturated carbocycles. The third-order valence-corrected chi connectivity index (χ3v) is 1.21. The van der Waals surface area contributed by atoms with E-state index in [1.807, 2.05) is 0 Å². The number of hydrogen-bond donors (Lipinski definition) is 0. The molecule has 0 amide bonds. The van der Waals surface area contributed by atoms with E-state index in [2.05, 4.69) is 11.8 Å². The van der Waals surface area contributed by atoms with Crippen LogP contribution in [-0.4, -0.2) is 28.4 Å². The van der Waals surface area contributed by atoms with E-state index in [0.29, 0.717) is 0 Å². The van der Waals surface area contributed by atoms with Gasteiger partial charge in [0.15, 0.2) is 0 Å². The van der Waals surface area contributed by atoms with Gasteiger partial charge in [-0.15, -0.1) is 0 Å². The lowest BCUT2D eigenvalue weighted by atomic mass is 10.9. The Labute approximate surface area is 80.9 Å². The molecule has 0 aromatic carbocycles. The van der Waals surface area contributed by atoms with Crippen LogP contribution < -0.4 is 0 Å². The van der Waals surface area contributed by atoms with Gasteiger partial charge in [0.25, 0.3) is 0 Å². The molecule has 0 aromatic heterocycles. The van der Waals surface area contributed by atoms with Gasteiger partial charge in [-0.3, -0.25) is 0 Å². The van der Waals surface area contributed by atoms with E-state index in [0.717, 1.165) is 0 Å². The predicted octanol–water partition coefficient (Wildman–Crippen LogP) is 3.22. The molecule has 0 aliphatic carbocycles. The second-order valence-corrected chi connectivity index (χ2v) is 2.30. The van der Waals surface area contributed by atoms with Crippen LogP contribution in [0.3, 0.4) is 0 Å². The average Bonchev–Trinajstić information content (AvgIpc) is 1.76. The Morgan fingerprint density at radius 2 is 0.867 bits per heavy atom. The van der Waals surface area contributed by atoms with Crippen LogP contribution in [0.25, 0.3) is 0 Å². The van der Waals surface area contributed by atoms with E-state index < -0.39 is 28.4 Å². The van der Waals surface area contributed by atoms with Gasteiger partial charge in [-0.25, -0.2) is 0 Å². The van der Waals surface area contributed by atoms with Gasteiger partial charge in [-0.2, -0.15) is 39.5 Å². The Bertz CT molecular complexity index is 201. The highest BCUT2D eigenvalue weighted by atomic mass is 35.5. The summed E-state index contributed by atoms with van der Waals surface area (Å²) in [4.78, 5) is 0. The first-order chi connectivity index (χ1) is 6.28. The summed E-state index contributed by atoms with van der Waals surface area (Å²) in [6, 6.07) is 0. The molecule has 0 aliphatic heterocycles. The maximum absolute atomic E-state index is 11.6. The lowest BCUT2D eigenvalue weighted by Crippen LogP contribution is -2.58. The second-order valence-electron chi connectivity index (χ2n) is 1.98. The minimum atomic E-state index is -6.34. The molecule has 0 radical (unpaired) electrons. The van der Waals surface area contributed by atoms with Crippen molar-refractivity contribution >= 4 is 11.8 Å². The minimum absolute atomic E-state index is 2.42. The number of nitrogens with zero attached hydrogens (tertiary/aromatic N) is 2. The van der Waals surface area contributed by atoms with Crippen molar-refractivity contribution in [2.75, 3.05) is 0 Å². The molecular weight excluding hydrogens is 270 g/mol. The van der Waals surface area contributed by atoms with Crippen molar-refractivity contribution in [2.45, 2.75) is 18.9 Å². The van der Waals surface area contributed by atoms with E-state index in [-0.39, 0.29) is 0 Å². The van der Waals surface area contributed by atoms with Crippen LogP contribution in [0.2, 0.25) is 0 Å². The van der Waals surface area contributed by atoms with Crippen molar-refractivity contribution in [2.24, 2.45) is 0 Å². The number of halogens is 10. The first-order valence-electron chi connectivity index (χ1n) is 2.74. The fourth-order valence-electron chi connectivity index (χ4n) is 0.456. The largest absolute Gasteiger partial charge is 0.488 e. The first kappa shape index (κ1) is 14.6. The summed E-state index contributed by atoms with van der Waals surface area (Å²) in [5, 5.41) is -2.90. The van der Waals surface area contributed by atoms with Gasteiger partial charge in [-0.05, 0) is 9.54 Å². The minimum Gasteiger partial charge on any atom is -0.154 e. The Morgan fingerprint density at radius 3 is 0.933 bits per heavy atom. The number of rotatable bonds is 1. The van der Waals surface area contributed by atoms with Crippen LogP contribution in [0.5, 0.6) is 0 Å². The fourth-order valence-corrected chi connectivity index (χ4v) is 0.628. The molecule has 12 heteroatoms. The van der Waals surface area contributed by atoms with Gasteiger partial charge >= 0.3 is 18.9 Å². The summed E-state index contributed by atoms with van der Waals surface area (Å²) >= 11 is 3.89. The summed E-state index contributed by atoms with van der Waals surface area (Å²) in [6.07, 6.45) is -18.7. The van der Waals surface area contributed by atoms with E-state index in [1.165, 1.54) is 0 Å². The third kappa shape index (κ3) is 3.91. The summed E-state index contributed by atoms with van der Waals surface area (Å²) in [5.74, 6) is 0. The Kier molecular flexibility index (Phi) is 3.76. The monoisotopic (exact) mass is 270 g/mol. The zero-order valence-electron chi connectivity index (χ0n) is 6.17. The standard InChI is InChI=1S/C3ClF9N2/c4-15(3(11,12)13)14(1(5,6)7)2(8,9)10. The quantitative estimate of drug-likeness (QED) is 0.312.